The van der Waals surface area contributed by atoms with E-state index in [1.165, 1.54) is 20.3 Å². The number of pyridine rings is 1. The number of likely N-dealkylation sites (tertiary alicyclic amines) is 1. The second-order valence-electron chi connectivity index (χ2n) is 24.6. The SMILES string of the molecule is COCOc1cc(-c2nc(OC)c3c(N4CCOC[C@@](C)(O[Si](C)(C)C(C)(C)C)C4)nc(OC[C@]45CCC[C@H]4N(C(=O)OC(C)(C)C)CCC5)nc3c2F)c2c(C#C[Si](C(C)C)(C(C)C)C(C)C)c(F)ccc2c1. The average Bonchev–Trinajstić information content (AvgIpc) is 3.65. The van der Waals surface area contributed by atoms with Crippen molar-refractivity contribution in [2.45, 2.75) is 174 Å². The van der Waals surface area contributed by atoms with Gasteiger partial charge in [-0.3, -0.25) is 0 Å². The van der Waals surface area contributed by atoms with Gasteiger partial charge < -0.3 is 42.6 Å². The lowest BCUT2D eigenvalue weighted by Gasteiger charge is -2.46. The zero-order chi connectivity index (χ0) is 54.3. The van der Waals surface area contributed by atoms with E-state index < -0.39 is 44.6 Å². The molecule has 2 aromatic carbocycles. The molecule has 0 bridgehead atoms. The lowest BCUT2D eigenvalue weighted by atomic mass is 9.75. The van der Waals surface area contributed by atoms with Gasteiger partial charge in [0.1, 0.15) is 47.7 Å². The van der Waals surface area contributed by atoms with E-state index in [2.05, 4.69) is 93.8 Å². The van der Waals surface area contributed by atoms with E-state index in [4.69, 9.17) is 47.8 Å². The van der Waals surface area contributed by atoms with Gasteiger partial charge in [-0.2, -0.15) is 9.97 Å². The number of ether oxygens (including phenoxy) is 6. The van der Waals surface area contributed by atoms with Gasteiger partial charge in [-0.1, -0.05) is 80.7 Å². The number of carbonyl (C=O) groups is 1. The molecular formula is C57H83F2N5O8Si2. The van der Waals surface area contributed by atoms with E-state index in [0.29, 0.717) is 55.2 Å². The van der Waals surface area contributed by atoms with Crippen LogP contribution in [0.1, 0.15) is 128 Å². The molecule has 2 saturated heterocycles. The van der Waals surface area contributed by atoms with E-state index >= 15 is 8.78 Å². The molecule has 3 fully saturated rings. The molecule has 3 aliphatic rings. The molecular weight excluding hydrogens is 977 g/mol. The van der Waals surface area contributed by atoms with Crippen LogP contribution in [0, 0.1) is 28.5 Å². The van der Waals surface area contributed by atoms with Crippen molar-refractivity contribution < 1.29 is 46.4 Å². The fraction of sp³-hybridized carbons (Fsp3) is 0.649. The van der Waals surface area contributed by atoms with Crippen LogP contribution in [0.5, 0.6) is 17.6 Å². The summed E-state index contributed by atoms with van der Waals surface area (Å²) in [4.78, 5) is 32.6. The summed E-state index contributed by atoms with van der Waals surface area (Å²) in [5.41, 5.74) is 2.83. The smallest absolute Gasteiger partial charge is 0.410 e. The van der Waals surface area contributed by atoms with Crippen LogP contribution in [0.15, 0.2) is 24.3 Å². The van der Waals surface area contributed by atoms with Gasteiger partial charge in [0.2, 0.25) is 5.88 Å². The Hall–Kier alpha value is -4.61. The normalized spacial score (nSPS) is 21.0. The summed E-state index contributed by atoms with van der Waals surface area (Å²) in [6.07, 6.45) is 3.79. The minimum Gasteiger partial charge on any atom is -0.480 e. The van der Waals surface area contributed by atoms with Crippen LogP contribution in [0.4, 0.5) is 19.4 Å². The number of hydrogen-bond acceptors (Lipinski definition) is 12. The summed E-state index contributed by atoms with van der Waals surface area (Å²) in [7, 11) is -1.74. The molecule has 0 spiro atoms. The van der Waals surface area contributed by atoms with Gasteiger partial charge in [-0.25, -0.2) is 18.6 Å². The summed E-state index contributed by atoms with van der Waals surface area (Å²) in [6, 6.07) is 6.30. The maximum atomic E-state index is 18.5. The molecule has 13 nitrogen and oxygen atoms in total. The fourth-order valence-electron chi connectivity index (χ4n) is 11.9. The van der Waals surface area contributed by atoms with Crippen LogP contribution in [0.25, 0.3) is 32.9 Å². The lowest BCUT2D eigenvalue weighted by molar-refractivity contribution is -0.0282. The molecule has 17 heteroatoms. The molecule has 2 aliphatic heterocycles. The van der Waals surface area contributed by atoms with Crippen LogP contribution in [0.3, 0.4) is 0 Å². The molecule has 0 radical (unpaired) electrons. The van der Waals surface area contributed by atoms with Crippen molar-refractivity contribution >= 4 is 50.0 Å². The number of benzene rings is 2. The Kier molecular flexibility index (Phi) is 16.8. The van der Waals surface area contributed by atoms with E-state index in [1.807, 2.05) is 30.6 Å². The maximum Gasteiger partial charge on any atom is 0.410 e. The van der Waals surface area contributed by atoms with Crippen molar-refractivity contribution in [3.63, 3.8) is 0 Å². The first-order valence-corrected chi connectivity index (χ1v) is 31.8. The van der Waals surface area contributed by atoms with Crippen LogP contribution >= 0.6 is 0 Å². The fourth-order valence-corrected chi connectivity index (χ4v) is 18.8. The Morgan fingerprint density at radius 2 is 1.61 bits per heavy atom. The third-order valence-electron chi connectivity index (χ3n) is 16.3. The Bertz CT molecular complexity index is 2750. The Labute approximate surface area is 441 Å². The highest BCUT2D eigenvalue weighted by Gasteiger charge is 2.51. The first kappa shape index (κ1) is 57.1. The van der Waals surface area contributed by atoms with E-state index in [9.17, 15) is 4.79 Å². The number of halogens is 2. The van der Waals surface area contributed by atoms with Gasteiger partial charge in [0, 0.05) is 49.2 Å². The number of amides is 1. The highest BCUT2D eigenvalue weighted by Crippen LogP contribution is 2.50. The van der Waals surface area contributed by atoms with Crippen LogP contribution < -0.4 is 19.1 Å². The molecule has 1 amide bonds. The zero-order valence-corrected chi connectivity index (χ0v) is 49.4. The number of anilines is 1. The lowest BCUT2D eigenvalue weighted by Crippen LogP contribution is -2.55. The van der Waals surface area contributed by atoms with E-state index in [-0.39, 0.29) is 86.8 Å². The monoisotopic (exact) mass is 1060 g/mol. The second kappa shape index (κ2) is 21.8. The number of nitrogens with zero attached hydrogens (tertiary/aromatic N) is 5. The number of aromatic nitrogens is 3. The quantitative estimate of drug-likeness (QED) is 0.0678. The molecule has 4 heterocycles. The van der Waals surface area contributed by atoms with Crippen molar-refractivity contribution in [1.82, 2.24) is 19.9 Å². The Morgan fingerprint density at radius 1 is 0.919 bits per heavy atom. The molecule has 7 rings (SSSR count). The predicted octanol–water partition coefficient (Wildman–Crippen LogP) is 13.2. The summed E-state index contributed by atoms with van der Waals surface area (Å²) >= 11 is 0. The highest BCUT2D eigenvalue weighted by atomic mass is 28.4. The Morgan fingerprint density at radius 3 is 2.24 bits per heavy atom. The minimum absolute atomic E-state index is 0.0470. The number of carbonyl (C=O) groups excluding carboxylic acids is 1. The van der Waals surface area contributed by atoms with Gasteiger partial charge in [-0.15, -0.1) is 5.54 Å². The number of hydrogen-bond donors (Lipinski definition) is 0. The number of rotatable bonds is 14. The first-order chi connectivity index (χ1) is 34.6. The molecule has 0 N–H and O–H groups in total. The van der Waals surface area contributed by atoms with Crippen molar-refractivity contribution in [3.05, 3.63) is 41.5 Å². The Balaban J connectivity index is 1.47. The molecule has 406 valence electrons. The summed E-state index contributed by atoms with van der Waals surface area (Å²) < 4.78 is 78.8. The number of methoxy groups -OCH3 is 2. The van der Waals surface area contributed by atoms with Crippen LogP contribution in [0.2, 0.25) is 34.8 Å². The third kappa shape index (κ3) is 11.4. The first-order valence-electron chi connectivity index (χ1n) is 26.6. The number of fused-ring (bicyclic) bond motifs is 3. The van der Waals surface area contributed by atoms with E-state index in [0.717, 1.165) is 32.1 Å². The standard InChI is InChI=1S/C57H83F2N5O8Si2/c1-36(2)74(37(3)4,38(5)6)29-23-41-43(58)22-21-39-30-40(70-35-66-14)31-42(45(39)41)48-47(59)49-46(51(60-48)67-15)50(63-27-28-68-33-56(13,32-63)72-73(16,17)55(10,11)12)62-52(61-49)69-34-57-24-18-20-44(57)64(26-19-25-57)53(65)71-54(7,8)9/h21-22,30-31,36-38,44H,18-20,24-28,32-35H2,1-17H3/t44-,56+,57-/m1/s1. The molecule has 74 heavy (non-hydrogen) atoms. The summed E-state index contributed by atoms with van der Waals surface area (Å²) in [5.74, 6) is 2.78. The number of piperidine rings is 1. The molecule has 1 saturated carbocycles. The molecule has 2 aromatic heterocycles. The molecule has 0 unspecified atom stereocenters. The topological polar surface area (TPSA) is 127 Å². The minimum atomic E-state index is -2.38. The van der Waals surface area contributed by atoms with Gasteiger partial charge in [0.15, 0.2) is 20.9 Å². The van der Waals surface area contributed by atoms with Crippen molar-refractivity contribution in [1.29, 1.82) is 0 Å². The molecule has 4 aromatic rings. The van der Waals surface area contributed by atoms with Gasteiger partial charge in [0.25, 0.3) is 0 Å². The van der Waals surface area contributed by atoms with Gasteiger partial charge in [0.05, 0.1) is 38.1 Å². The van der Waals surface area contributed by atoms with Gasteiger partial charge >= 0.3 is 12.1 Å². The van der Waals surface area contributed by atoms with E-state index in [1.54, 1.807) is 18.2 Å². The molecule has 1 aliphatic carbocycles. The second-order valence-corrected chi connectivity index (χ2v) is 35.0. The third-order valence-corrected chi connectivity index (χ3v) is 27.2. The largest absolute Gasteiger partial charge is 0.480 e. The van der Waals surface area contributed by atoms with Crippen molar-refractivity contribution in [2.24, 2.45) is 5.41 Å². The van der Waals surface area contributed by atoms with Crippen LogP contribution in [-0.2, 0) is 18.6 Å². The zero-order valence-electron chi connectivity index (χ0n) is 47.4. The van der Waals surface area contributed by atoms with Crippen molar-refractivity contribution in [2.75, 3.05) is 65.4 Å². The van der Waals surface area contributed by atoms with Crippen molar-refractivity contribution in [3.8, 4) is 40.4 Å². The predicted molar refractivity (Wildman–Crippen MR) is 295 cm³/mol. The summed E-state index contributed by atoms with van der Waals surface area (Å²) in [6.45, 7) is 34.0. The average molecular weight is 1060 g/mol. The molecule has 3 atom stereocenters. The summed E-state index contributed by atoms with van der Waals surface area (Å²) in [5, 5.41) is 1.08. The van der Waals surface area contributed by atoms with Gasteiger partial charge in [-0.05, 0) is 112 Å². The maximum absolute atomic E-state index is 18.5. The highest BCUT2D eigenvalue weighted by molar-refractivity contribution is 6.90. The van der Waals surface area contributed by atoms with Crippen LogP contribution in [-0.4, -0.2) is 120 Å².